The molecule has 0 saturated carbocycles. The Kier molecular flexibility index (Phi) is 28.9. The van der Waals surface area contributed by atoms with Crippen molar-refractivity contribution in [1.29, 1.82) is 0 Å². The first-order chi connectivity index (χ1) is 21.3. The maximum atomic E-state index is 5.49. The second kappa shape index (κ2) is 28.2. The zero-order chi connectivity index (χ0) is 35.5. The molecule has 45 heavy (non-hydrogen) atoms. The zero-order valence-corrected chi connectivity index (χ0v) is 32.0. The molecule has 3 aromatic heterocycles. The van der Waals surface area contributed by atoms with Crippen LogP contribution in [0.4, 0.5) is 0 Å². The van der Waals surface area contributed by atoms with E-state index in [1.165, 1.54) is 0 Å². The van der Waals surface area contributed by atoms with Crippen molar-refractivity contribution in [2.24, 2.45) is 0 Å². The number of ether oxygens (including phenoxy) is 3. The Morgan fingerprint density at radius 1 is 0.400 bits per heavy atom. The van der Waals surface area contributed by atoms with Crippen LogP contribution in [-0.4, -0.2) is 43.2 Å². The van der Waals surface area contributed by atoms with Crippen molar-refractivity contribution in [3.63, 3.8) is 0 Å². The van der Waals surface area contributed by atoms with Gasteiger partial charge in [0.25, 0.3) is 0 Å². The van der Waals surface area contributed by atoms with Crippen LogP contribution in [0.5, 0.6) is 17.4 Å². The lowest BCUT2D eigenvalue weighted by Crippen LogP contribution is -2.07. The van der Waals surface area contributed by atoms with Crippen LogP contribution in [0.1, 0.15) is 160 Å². The first kappa shape index (κ1) is 46.1. The third-order valence-electron chi connectivity index (χ3n) is 4.85. The van der Waals surface area contributed by atoms with Gasteiger partial charge >= 0.3 is 0 Å². The van der Waals surface area contributed by atoms with Gasteiger partial charge in [-0.1, -0.05) is 83.1 Å². The largest absolute Gasteiger partial charge is 0.489 e. The first-order valence-corrected chi connectivity index (χ1v) is 16.9. The summed E-state index contributed by atoms with van der Waals surface area (Å²) in [5.41, 5.74) is 2.10. The number of pyridine rings is 1. The van der Waals surface area contributed by atoms with E-state index in [0.29, 0.717) is 23.6 Å². The van der Waals surface area contributed by atoms with Gasteiger partial charge < -0.3 is 14.2 Å². The molecule has 0 atom stereocenters. The molecule has 0 spiro atoms. The molecule has 8 heteroatoms. The van der Waals surface area contributed by atoms with Crippen LogP contribution in [0.3, 0.4) is 0 Å². The minimum Gasteiger partial charge on any atom is -0.489 e. The fourth-order valence-corrected chi connectivity index (χ4v) is 2.96. The Morgan fingerprint density at radius 2 is 0.822 bits per heavy atom. The third kappa shape index (κ3) is 23.7. The van der Waals surface area contributed by atoms with Gasteiger partial charge in [0, 0.05) is 11.6 Å². The Balaban J connectivity index is -0.000000541. The molecule has 0 aliphatic carbocycles. The van der Waals surface area contributed by atoms with Crippen LogP contribution < -0.4 is 14.2 Å². The van der Waals surface area contributed by atoms with E-state index in [-0.39, 0.29) is 18.3 Å². The molecule has 3 rings (SSSR count). The van der Waals surface area contributed by atoms with Crippen molar-refractivity contribution in [2.75, 3.05) is 0 Å². The van der Waals surface area contributed by atoms with Crippen LogP contribution in [0.15, 0.2) is 43.1 Å². The molecule has 0 aliphatic rings. The SMILES string of the molecule is CC.CC.CC.CC(C)Oc1ccc(C(C)C)nc1.CC(C)Oc1cnc(C(C)C)cn1.CC(C)Oc1cnc(C(C)C)nc1. The summed E-state index contributed by atoms with van der Waals surface area (Å²) in [5.74, 6) is 4.30. The highest BCUT2D eigenvalue weighted by Crippen LogP contribution is 2.16. The molecule has 0 aromatic carbocycles. The van der Waals surface area contributed by atoms with E-state index in [2.05, 4.69) is 66.5 Å². The summed E-state index contributed by atoms with van der Waals surface area (Å²) in [6.07, 6.45) is 9.22. The molecule has 258 valence electrons. The summed E-state index contributed by atoms with van der Waals surface area (Å²) in [6, 6.07) is 3.99. The average Bonchev–Trinajstić information content (AvgIpc) is 3.01. The summed E-state index contributed by atoms with van der Waals surface area (Å²) in [6.45, 7) is 36.5. The summed E-state index contributed by atoms with van der Waals surface area (Å²) >= 11 is 0. The lowest BCUT2D eigenvalue weighted by atomic mass is 10.1. The van der Waals surface area contributed by atoms with Crippen LogP contribution in [0.25, 0.3) is 0 Å². The molecular weight excluding hydrogens is 562 g/mol. The molecule has 0 N–H and O–H groups in total. The normalized spacial score (nSPS) is 9.87. The van der Waals surface area contributed by atoms with Crippen LogP contribution in [0, 0.1) is 0 Å². The van der Waals surface area contributed by atoms with E-state index >= 15 is 0 Å². The fraction of sp³-hybridized carbons (Fsp3) is 0.649. The predicted molar refractivity (Wildman–Crippen MR) is 192 cm³/mol. The second-order valence-corrected chi connectivity index (χ2v) is 10.9. The highest BCUT2D eigenvalue weighted by Gasteiger charge is 2.05. The predicted octanol–water partition coefficient (Wildman–Crippen LogP) is 10.8. The lowest BCUT2D eigenvalue weighted by Gasteiger charge is -2.10. The number of nitrogens with zero attached hydrogens (tertiary/aromatic N) is 5. The molecule has 3 heterocycles. The first-order valence-electron chi connectivity index (χ1n) is 16.9. The molecule has 0 bridgehead atoms. The minimum atomic E-state index is 0.152. The van der Waals surface area contributed by atoms with Crippen molar-refractivity contribution in [3.05, 3.63) is 60.3 Å². The lowest BCUT2D eigenvalue weighted by molar-refractivity contribution is 0.231. The summed E-state index contributed by atoms with van der Waals surface area (Å²) < 4.78 is 16.3. The molecule has 0 unspecified atom stereocenters. The van der Waals surface area contributed by atoms with Gasteiger partial charge in [0.2, 0.25) is 5.88 Å². The summed E-state index contributed by atoms with van der Waals surface area (Å²) in [7, 11) is 0. The van der Waals surface area contributed by atoms with Crippen molar-refractivity contribution in [1.82, 2.24) is 24.9 Å². The highest BCUT2D eigenvalue weighted by atomic mass is 16.5. The standard InChI is InChI=1S/C11H17NO.2C10H16N2O.3C2H6/c1-8(2)11-6-5-10(7-12-11)13-9(3)4;1-7(2)9-5-12-10(6-11-9)13-8(3)4;1-7(2)10-11-5-9(6-12-10)13-8(3)4;3*1-2/h5-9H,1-4H3;2*5-8H,1-4H3;3*1-2H3. The summed E-state index contributed by atoms with van der Waals surface area (Å²) in [5, 5.41) is 0. The van der Waals surface area contributed by atoms with Gasteiger partial charge in [0.15, 0.2) is 5.75 Å². The van der Waals surface area contributed by atoms with E-state index in [4.69, 9.17) is 14.2 Å². The highest BCUT2D eigenvalue weighted by molar-refractivity contribution is 5.21. The van der Waals surface area contributed by atoms with Gasteiger partial charge in [0.05, 0.1) is 55.0 Å². The van der Waals surface area contributed by atoms with E-state index in [9.17, 15) is 0 Å². The Hall–Kier alpha value is -3.29. The van der Waals surface area contributed by atoms with Gasteiger partial charge in [-0.3, -0.25) is 9.97 Å². The van der Waals surface area contributed by atoms with Crippen molar-refractivity contribution >= 4 is 0 Å². The Bertz CT molecular complexity index is 898. The fourth-order valence-electron chi connectivity index (χ4n) is 2.96. The number of hydrogen-bond donors (Lipinski definition) is 0. The van der Waals surface area contributed by atoms with Gasteiger partial charge in [0.1, 0.15) is 11.6 Å². The van der Waals surface area contributed by atoms with Crippen molar-refractivity contribution in [3.8, 4) is 17.4 Å². The maximum absolute atomic E-state index is 5.49. The van der Waals surface area contributed by atoms with Gasteiger partial charge in [-0.15, -0.1) is 0 Å². The van der Waals surface area contributed by atoms with Crippen LogP contribution in [-0.2, 0) is 0 Å². The quantitative estimate of drug-likeness (QED) is 0.231. The second-order valence-electron chi connectivity index (χ2n) is 10.9. The third-order valence-corrected chi connectivity index (χ3v) is 4.85. The minimum absolute atomic E-state index is 0.152. The van der Waals surface area contributed by atoms with E-state index in [1.807, 2.05) is 95.2 Å². The molecule has 0 amide bonds. The van der Waals surface area contributed by atoms with Crippen LogP contribution in [0.2, 0.25) is 0 Å². The Morgan fingerprint density at radius 3 is 1.16 bits per heavy atom. The monoisotopic (exact) mass is 630 g/mol. The number of aromatic nitrogens is 5. The molecule has 8 nitrogen and oxygen atoms in total. The van der Waals surface area contributed by atoms with Gasteiger partial charge in [-0.25, -0.2) is 15.0 Å². The summed E-state index contributed by atoms with van der Waals surface area (Å²) in [4.78, 5) is 21.1. The molecular formula is C37H67N5O3. The molecule has 0 radical (unpaired) electrons. The van der Waals surface area contributed by atoms with Gasteiger partial charge in [-0.05, 0) is 65.5 Å². The average molecular weight is 630 g/mol. The van der Waals surface area contributed by atoms with E-state index in [0.717, 1.165) is 28.7 Å². The smallest absolute Gasteiger partial charge is 0.232 e. The van der Waals surface area contributed by atoms with Crippen LogP contribution >= 0.6 is 0 Å². The maximum Gasteiger partial charge on any atom is 0.232 e. The Labute approximate surface area is 277 Å². The molecule has 0 aliphatic heterocycles. The molecule has 0 fully saturated rings. The van der Waals surface area contributed by atoms with Gasteiger partial charge in [-0.2, -0.15) is 0 Å². The zero-order valence-electron chi connectivity index (χ0n) is 32.0. The molecule has 0 saturated heterocycles. The van der Waals surface area contributed by atoms with E-state index in [1.54, 1.807) is 31.0 Å². The van der Waals surface area contributed by atoms with Crippen molar-refractivity contribution in [2.45, 2.75) is 161 Å². The topological polar surface area (TPSA) is 92.1 Å². The number of rotatable bonds is 9. The van der Waals surface area contributed by atoms with E-state index < -0.39 is 0 Å². The number of hydrogen-bond acceptors (Lipinski definition) is 8. The molecule has 3 aromatic rings. The van der Waals surface area contributed by atoms with Crippen molar-refractivity contribution < 1.29 is 14.2 Å².